The van der Waals surface area contributed by atoms with Crippen molar-refractivity contribution < 1.29 is 28.3 Å². The molecule has 1 atom stereocenters. The topological polar surface area (TPSA) is 94.8 Å². The summed E-state index contributed by atoms with van der Waals surface area (Å²) in [5.74, 6) is -1.52. The van der Waals surface area contributed by atoms with Gasteiger partial charge in [0.2, 0.25) is 0 Å². The van der Waals surface area contributed by atoms with Crippen molar-refractivity contribution in [3.63, 3.8) is 0 Å². The second-order valence-corrected chi connectivity index (χ2v) is 4.58. The van der Waals surface area contributed by atoms with Crippen LogP contribution in [0, 0.1) is 0 Å². The molecule has 7 nitrogen and oxygen atoms in total. The zero-order chi connectivity index (χ0) is 16.8. The average Bonchev–Trinajstić information content (AvgIpc) is 3.09. The van der Waals surface area contributed by atoms with E-state index in [9.17, 15) is 14.4 Å². The van der Waals surface area contributed by atoms with Gasteiger partial charge in [0.05, 0.1) is 18.9 Å². The number of carbonyl (C=O) groups excluding carboxylic acids is 3. The highest BCUT2D eigenvalue weighted by molar-refractivity contribution is 6.02. The minimum Gasteiger partial charge on any atom is -0.466 e. The summed E-state index contributed by atoms with van der Waals surface area (Å²) in [6.07, 6.45) is 0.405. The third kappa shape index (κ3) is 4.19. The molecule has 1 amide bonds. The van der Waals surface area contributed by atoms with Crippen molar-refractivity contribution in [2.75, 3.05) is 12.4 Å². The molecule has 120 valence electrons. The van der Waals surface area contributed by atoms with E-state index < -0.39 is 23.9 Å². The summed E-state index contributed by atoms with van der Waals surface area (Å²) in [5.41, 5.74) is 0.737. The maximum atomic E-state index is 11.9. The fraction of sp³-hybridized carbons (Fsp3) is 0.188. The third-order valence-electron chi connectivity index (χ3n) is 2.94. The maximum absolute atomic E-state index is 11.9. The van der Waals surface area contributed by atoms with E-state index in [1.54, 1.807) is 18.2 Å². The minimum atomic E-state index is -0.995. The van der Waals surface area contributed by atoms with E-state index in [-0.39, 0.29) is 11.3 Å². The number of carbonyl (C=O) groups is 3. The summed E-state index contributed by atoms with van der Waals surface area (Å²) in [5, 5.41) is 2.62. The van der Waals surface area contributed by atoms with Gasteiger partial charge in [0.15, 0.2) is 11.9 Å². The van der Waals surface area contributed by atoms with Crippen LogP contribution in [0.15, 0.2) is 47.1 Å². The van der Waals surface area contributed by atoms with Crippen molar-refractivity contribution in [3.05, 3.63) is 54.0 Å². The molecule has 23 heavy (non-hydrogen) atoms. The summed E-state index contributed by atoms with van der Waals surface area (Å²) in [4.78, 5) is 34.9. The normalized spacial score (nSPS) is 11.4. The van der Waals surface area contributed by atoms with Crippen molar-refractivity contribution in [1.82, 2.24) is 0 Å². The second kappa shape index (κ2) is 7.26. The highest BCUT2D eigenvalue weighted by Gasteiger charge is 2.19. The van der Waals surface area contributed by atoms with E-state index in [0.29, 0.717) is 5.69 Å². The first kappa shape index (κ1) is 16.3. The lowest BCUT2D eigenvalue weighted by atomic mass is 10.2. The van der Waals surface area contributed by atoms with Crippen LogP contribution in [0.3, 0.4) is 0 Å². The molecule has 1 unspecified atom stereocenters. The molecule has 1 aromatic heterocycles. The van der Waals surface area contributed by atoms with Crippen LogP contribution in [0.4, 0.5) is 5.69 Å². The van der Waals surface area contributed by atoms with Crippen LogP contribution in [0.2, 0.25) is 0 Å². The first-order chi connectivity index (χ1) is 11.0. The van der Waals surface area contributed by atoms with Crippen molar-refractivity contribution in [2.24, 2.45) is 0 Å². The average molecular weight is 317 g/mol. The maximum Gasteiger partial charge on any atom is 0.346 e. The SMILES string of the molecule is COC(=O)C(C)OC(=O)c1ccc(NC(=O)c2ccco2)cc1. The molecule has 2 rings (SSSR count). The van der Waals surface area contributed by atoms with Gasteiger partial charge >= 0.3 is 11.9 Å². The molecule has 1 aromatic carbocycles. The number of nitrogens with one attached hydrogen (secondary N) is 1. The molecular formula is C16H15NO6. The van der Waals surface area contributed by atoms with Crippen LogP contribution in [0.5, 0.6) is 0 Å². The molecule has 1 N–H and O–H groups in total. The van der Waals surface area contributed by atoms with Crippen molar-refractivity contribution in [2.45, 2.75) is 13.0 Å². The largest absolute Gasteiger partial charge is 0.466 e. The number of hydrogen-bond acceptors (Lipinski definition) is 6. The van der Waals surface area contributed by atoms with Gasteiger partial charge in [-0.3, -0.25) is 4.79 Å². The molecular weight excluding hydrogens is 302 g/mol. The van der Waals surface area contributed by atoms with E-state index in [1.165, 1.54) is 38.5 Å². The van der Waals surface area contributed by atoms with Crippen LogP contribution >= 0.6 is 0 Å². The Hall–Kier alpha value is -3.09. The first-order valence-corrected chi connectivity index (χ1v) is 6.75. The van der Waals surface area contributed by atoms with E-state index >= 15 is 0 Å². The molecule has 2 aromatic rings. The Morgan fingerprint density at radius 3 is 2.39 bits per heavy atom. The molecule has 0 aliphatic carbocycles. The van der Waals surface area contributed by atoms with Gasteiger partial charge in [0.1, 0.15) is 0 Å². The van der Waals surface area contributed by atoms with Crippen LogP contribution < -0.4 is 5.32 Å². The molecule has 0 aliphatic rings. The van der Waals surface area contributed by atoms with Gasteiger partial charge in [-0.05, 0) is 43.3 Å². The van der Waals surface area contributed by atoms with Crippen LogP contribution in [0.1, 0.15) is 27.8 Å². The molecule has 0 aliphatic heterocycles. The van der Waals surface area contributed by atoms with Gasteiger partial charge in [-0.1, -0.05) is 0 Å². The summed E-state index contributed by atoms with van der Waals surface area (Å²) in [7, 11) is 1.21. The lowest BCUT2D eigenvalue weighted by molar-refractivity contribution is -0.149. The predicted molar refractivity (Wildman–Crippen MR) is 80.0 cm³/mol. The number of benzene rings is 1. The summed E-state index contributed by atoms with van der Waals surface area (Å²) >= 11 is 0. The molecule has 0 fully saturated rings. The number of furan rings is 1. The number of methoxy groups -OCH3 is 1. The third-order valence-corrected chi connectivity index (χ3v) is 2.94. The van der Waals surface area contributed by atoms with Gasteiger partial charge in [-0.25, -0.2) is 9.59 Å². The lowest BCUT2D eigenvalue weighted by Gasteiger charge is -2.11. The Morgan fingerprint density at radius 2 is 1.83 bits per heavy atom. The summed E-state index contributed by atoms with van der Waals surface area (Å²) in [6.45, 7) is 1.42. The zero-order valence-corrected chi connectivity index (χ0v) is 12.6. The van der Waals surface area contributed by atoms with Gasteiger partial charge in [-0.2, -0.15) is 0 Å². The molecule has 0 bridgehead atoms. The van der Waals surface area contributed by atoms with E-state index in [2.05, 4.69) is 10.1 Å². The van der Waals surface area contributed by atoms with Gasteiger partial charge in [-0.15, -0.1) is 0 Å². The van der Waals surface area contributed by atoms with Crippen molar-refractivity contribution in [1.29, 1.82) is 0 Å². The Bertz CT molecular complexity index is 690. The molecule has 7 heteroatoms. The van der Waals surface area contributed by atoms with Crippen LogP contribution in [0.25, 0.3) is 0 Å². The van der Waals surface area contributed by atoms with Crippen molar-refractivity contribution in [3.8, 4) is 0 Å². The fourth-order valence-electron chi connectivity index (χ4n) is 1.73. The standard InChI is InChI=1S/C16H15NO6/c1-10(15(19)21-2)23-16(20)11-5-7-12(8-6-11)17-14(18)13-4-3-9-22-13/h3-10H,1-2H3,(H,17,18). The molecule has 0 radical (unpaired) electrons. The fourth-order valence-corrected chi connectivity index (χ4v) is 1.73. The summed E-state index contributed by atoms with van der Waals surface area (Å²) in [6, 6.07) is 9.18. The smallest absolute Gasteiger partial charge is 0.346 e. The van der Waals surface area contributed by atoms with Crippen molar-refractivity contribution >= 4 is 23.5 Å². The highest BCUT2D eigenvalue weighted by Crippen LogP contribution is 2.13. The number of amides is 1. The molecule has 0 spiro atoms. The van der Waals surface area contributed by atoms with Gasteiger partial charge in [0, 0.05) is 5.69 Å². The van der Waals surface area contributed by atoms with Gasteiger partial charge in [0.25, 0.3) is 5.91 Å². The summed E-state index contributed by atoms with van der Waals surface area (Å²) < 4.78 is 14.4. The number of anilines is 1. The number of esters is 2. The first-order valence-electron chi connectivity index (χ1n) is 6.75. The van der Waals surface area contributed by atoms with Gasteiger partial charge < -0.3 is 19.2 Å². The second-order valence-electron chi connectivity index (χ2n) is 4.58. The molecule has 0 saturated carbocycles. The minimum absolute atomic E-state index is 0.181. The predicted octanol–water partition coefficient (Wildman–Crippen LogP) is 2.25. The number of rotatable bonds is 5. The van der Waals surface area contributed by atoms with E-state index in [0.717, 1.165) is 0 Å². The Kier molecular flexibility index (Phi) is 5.14. The Labute approximate surface area is 132 Å². The molecule has 0 saturated heterocycles. The number of ether oxygens (including phenoxy) is 2. The van der Waals surface area contributed by atoms with E-state index in [1.807, 2.05) is 0 Å². The molecule has 1 heterocycles. The highest BCUT2D eigenvalue weighted by atomic mass is 16.6. The quantitative estimate of drug-likeness (QED) is 0.850. The Balaban J connectivity index is 1.97. The van der Waals surface area contributed by atoms with E-state index in [4.69, 9.17) is 9.15 Å². The number of hydrogen-bond donors (Lipinski definition) is 1. The van der Waals surface area contributed by atoms with Crippen LogP contribution in [-0.4, -0.2) is 31.1 Å². The Morgan fingerprint density at radius 1 is 1.13 bits per heavy atom. The zero-order valence-electron chi connectivity index (χ0n) is 12.6. The van der Waals surface area contributed by atoms with Crippen LogP contribution in [-0.2, 0) is 14.3 Å². The monoisotopic (exact) mass is 317 g/mol. The lowest BCUT2D eigenvalue weighted by Crippen LogP contribution is -2.25.